The minimum atomic E-state index is -0.505. The van der Waals surface area contributed by atoms with Gasteiger partial charge < -0.3 is 9.84 Å². The number of esters is 1. The van der Waals surface area contributed by atoms with E-state index in [1.54, 1.807) is 13.0 Å². The first kappa shape index (κ1) is 15.1. The molecule has 0 aromatic rings. The van der Waals surface area contributed by atoms with Gasteiger partial charge in [-0.25, -0.2) is 4.79 Å². The summed E-state index contributed by atoms with van der Waals surface area (Å²) in [5, 5.41) is 16.2. The Hall–Kier alpha value is -1.34. The average molecular weight is 277 g/mol. The highest BCUT2D eigenvalue weighted by molar-refractivity contribution is 5.92. The Morgan fingerprint density at radius 1 is 1.30 bits per heavy atom. The van der Waals surface area contributed by atoms with Crippen LogP contribution in [0.2, 0.25) is 0 Å². The molecule has 0 heterocycles. The predicted octanol–water partition coefficient (Wildman–Crippen LogP) is 2.58. The zero-order valence-corrected chi connectivity index (χ0v) is 12.1. The van der Waals surface area contributed by atoms with Gasteiger partial charge in [-0.3, -0.25) is 0 Å². The lowest BCUT2D eigenvalue weighted by Gasteiger charge is -2.55. The first-order chi connectivity index (χ1) is 9.51. The molecule has 0 saturated heterocycles. The van der Waals surface area contributed by atoms with E-state index in [1.807, 2.05) is 0 Å². The lowest BCUT2D eigenvalue weighted by molar-refractivity contribution is -0.181. The fourth-order valence-electron chi connectivity index (χ4n) is 4.46. The number of nitrogens with zero attached hydrogens (tertiary/aromatic N) is 1. The van der Waals surface area contributed by atoms with Crippen LogP contribution in [-0.2, 0) is 9.53 Å². The molecule has 4 bridgehead atoms. The van der Waals surface area contributed by atoms with E-state index < -0.39 is 5.97 Å². The van der Waals surface area contributed by atoms with E-state index in [9.17, 15) is 4.79 Å². The molecule has 4 aliphatic carbocycles. The Balaban J connectivity index is 0.000000452. The van der Waals surface area contributed by atoms with Gasteiger partial charge >= 0.3 is 5.97 Å². The molecule has 4 saturated carbocycles. The highest BCUT2D eigenvalue weighted by Crippen LogP contribution is 2.57. The molecule has 4 rings (SSSR count). The number of carbonyl (C=O) groups excluding carboxylic acids is 1. The van der Waals surface area contributed by atoms with Gasteiger partial charge in [-0.1, -0.05) is 6.58 Å². The molecule has 0 spiro atoms. The van der Waals surface area contributed by atoms with Crippen molar-refractivity contribution < 1.29 is 14.6 Å². The zero-order valence-electron chi connectivity index (χ0n) is 12.1. The number of ether oxygens (including phenoxy) is 1. The largest absolute Gasteiger partial charge is 0.455 e. The topological polar surface area (TPSA) is 70.3 Å². The van der Waals surface area contributed by atoms with Crippen LogP contribution in [-0.4, -0.2) is 23.3 Å². The Bertz CT molecular complexity index is 400. The van der Waals surface area contributed by atoms with Crippen LogP contribution in [0.25, 0.3) is 0 Å². The molecule has 0 atom stereocenters. The van der Waals surface area contributed by atoms with Gasteiger partial charge in [0.25, 0.3) is 0 Å². The van der Waals surface area contributed by atoms with Gasteiger partial charge in [-0.15, -0.1) is 0 Å². The Labute approximate surface area is 120 Å². The molecule has 4 nitrogen and oxygen atoms in total. The summed E-state index contributed by atoms with van der Waals surface area (Å²) in [6.07, 6.45) is 6.96. The van der Waals surface area contributed by atoms with Crippen LogP contribution in [0, 0.1) is 29.1 Å². The van der Waals surface area contributed by atoms with Gasteiger partial charge in [-0.05, 0) is 63.2 Å². The molecule has 4 fully saturated rings. The summed E-state index contributed by atoms with van der Waals surface area (Å²) in [4.78, 5) is 11.7. The van der Waals surface area contributed by atoms with Crippen LogP contribution in [0.3, 0.4) is 0 Å². The molecule has 4 aliphatic rings. The summed E-state index contributed by atoms with van der Waals surface area (Å²) >= 11 is 0. The predicted molar refractivity (Wildman–Crippen MR) is 74.5 cm³/mol. The van der Waals surface area contributed by atoms with Gasteiger partial charge in [0.05, 0.1) is 0 Å². The van der Waals surface area contributed by atoms with Crippen LogP contribution < -0.4 is 0 Å². The monoisotopic (exact) mass is 277 g/mol. The molecule has 0 unspecified atom stereocenters. The molecule has 1 N–H and O–H groups in total. The molecule has 20 heavy (non-hydrogen) atoms. The maximum atomic E-state index is 11.7. The molecule has 0 aliphatic heterocycles. The Morgan fingerprint density at radius 2 is 1.70 bits per heavy atom. The minimum Gasteiger partial charge on any atom is -0.455 e. The highest BCUT2D eigenvalue weighted by Gasteiger charge is 2.53. The van der Waals surface area contributed by atoms with Gasteiger partial charge in [0.15, 0.2) is 0 Å². The zero-order chi connectivity index (χ0) is 14.8. The Morgan fingerprint density at radius 3 is 2.05 bits per heavy atom. The number of carbonyl (C=O) groups is 1. The van der Waals surface area contributed by atoms with E-state index in [0.29, 0.717) is 0 Å². The molecule has 0 aromatic heterocycles. The van der Waals surface area contributed by atoms with Crippen molar-refractivity contribution in [3.8, 4) is 6.07 Å². The normalized spacial score (nSPS) is 36.5. The van der Waals surface area contributed by atoms with Gasteiger partial charge in [-0.2, -0.15) is 5.26 Å². The smallest absolute Gasteiger partial charge is 0.348 e. The van der Waals surface area contributed by atoms with Crippen molar-refractivity contribution in [1.82, 2.24) is 0 Å². The summed E-state index contributed by atoms with van der Waals surface area (Å²) in [5.74, 6) is 1.72. The molecule has 0 amide bonds. The second-order valence-corrected chi connectivity index (χ2v) is 6.40. The Kier molecular flexibility index (Phi) is 4.49. The maximum absolute atomic E-state index is 11.7. The van der Waals surface area contributed by atoms with Crippen molar-refractivity contribution in [2.24, 2.45) is 17.8 Å². The fourth-order valence-corrected chi connectivity index (χ4v) is 4.46. The number of hydrogen-bond donors (Lipinski definition) is 1. The van der Waals surface area contributed by atoms with E-state index >= 15 is 0 Å². The third-order valence-corrected chi connectivity index (χ3v) is 4.67. The number of aliphatic hydroxyl groups is 1. The molecule has 0 radical (unpaired) electrons. The third kappa shape index (κ3) is 3.04. The highest BCUT2D eigenvalue weighted by atomic mass is 16.6. The van der Waals surface area contributed by atoms with Crippen molar-refractivity contribution in [2.75, 3.05) is 6.61 Å². The lowest BCUT2D eigenvalue weighted by Crippen LogP contribution is -2.52. The summed E-state index contributed by atoms with van der Waals surface area (Å²) in [7, 11) is 0. The summed E-state index contributed by atoms with van der Waals surface area (Å²) in [6, 6.07) is 1.78. The van der Waals surface area contributed by atoms with E-state index in [4.69, 9.17) is 15.1 Å². The quantitative estimate of drug-likeness (QED) is 0.478. The maximum Gasteiger partial charge on any atom is 0.348 e. The van der Waals surface area contributed by atoms with Crippen molar-refractivity contribution in [2.45, 2.75) is 51.0 Å². The van der Waals surface area contributed by atoms with Crippen molar-refractivity contribution in [1.29, 1.82) is 5.26 Å². The van der Waals surface area contributed by atoms with Crippen LogP contribution in [0.4, 0.5) is 0 Å². The van der Waals surface area contributed by atoms with Crippen LogP contribution in [0.1, 0.15) is 45.4 Å². The molecule has 0 aromatic carbocycles. The van der Waals surface area contributed by atoms with Gasteiger partial charge in [0.1, 0.15) is 17.2 Å². The lowest BCUT2D eigenvalue weighted by atomic mass is 9.54. The summed E-state index contributed by atoms with van der Waals surface area (Å²) < 4.78 is 5.64. The molecule has 110 valence electrons. The van der Waals surface area contributed by atoms with Crippen molar-refractivity contribution in [3.63, 3.8) is 0 Å². The number of hydrogen-bond acceptors (Lipinski definition) is 4. The van der Waals surface area contributed by atoms with E-state index in [1.165, 1.54) is 19.3 Å². The summed E-state index contributed by atoms with van der Waals surface area (Å²) in [5.41, 5.74) is -0.327. The second-order valence-electron chi connectivity index (χ2n) is 6.40. The van der Waals surface area contributed by atoms with Crippen LogP contribution >= 0.6 is 0 Å². The first-order valence-corrected chi connectivity index (χ1v) is 7.45. The van der Waals surface area contributed by atoms with Crippen LogP contribution in [0.15, 0.2) is 12.2 Å². The van der Waals surface area contributed by atoms with Gasteiger partial charge in [0.2, 0.25) is 0 Å². The van der Waals surface area contributed by atoms with Crippen molar-refractivity contribution >= 4 is 5.97 Å². The average Bonchev–Trinajstić information content (AvgIpc) is 2.36. The molecule has 4 heteroatoms. The van der Waals surface area contributed by atoms with Crippen molar-refractivity contribution in [3.05, 3.63) is 12.2 Å². The van der Waals surface area contributed by atoms with E-state index in [-0.39, 0.29) is 17.8 Å². The second kappa shape index (κ2) is 5.97. The number of rotatable bonds is 2. The fraction of sp³-hybridized carbons (Fsp3) is 0.750. The third-order valence-electron chi connectivity index (χ3n) is 4.67. The molecular formula is C16H23NO3. The summed E-state index contributed by atoms with van der Waals surface area (Å²) in [6.45, 7) is 5.37. The first-order valence-electron chi connectivity index (χ1n) is 7.45. The van der Waals surface area contributed by atoms with Crippen LogP contribution in [0.5, 0.6) is 0 Å². The van der Waals surface area contributed by atoms with E-state index in [2.05, 4.69) is 6.58 Å². The van der Waals surface area contributed by atoms with E-state index in [0.717, 1.165) is 37.0 Å². The number of aliphatic hydroxyl groups excluding tert-OH is 1. The minimum absolute atomic E-state index is 0.0688. The molecular weight excluding hydrogens is 254 g/mol. The number of nitriles is 1. The van der Waals surface area contributed by atoms with Gasteiger partial charge in [0, 0.05) is 6.61 Å². The standard InChI is InChI=1S/C14H17NO2.C2H6O/c1-9(8-15)13(16)17-14-5-10-2-11(6-14)4-12(3-10)7-14;1-2-3/h10-12H,1-7H2;3H,2H2,1H3. The SMILES string of the molecule is C=C(C#N)C(=O)OC12CC3CC(CC(C3)C1)C2.CCO.